The summed E-state index contributed by atoms with van der Waals surface area (Å²) >= 11 is 8.97. The van der Waals surface area contributed by atoms with Crippen LogP contribution in [0.1, 0.15) is 12.5 Å². The number of nitrogens with two attached hydrogens (primary N) is 1. The quantitative estimate of drug-likeness (QED) is 0.800. The Bertz CT molecular complexity index is 317. The van der Waals surface area contributed by atoms with E-state index in [1.807, 2.05) is 0 Å². The molecule has 0 saturated heterocycles. The van der Waals surface area contributed by atoms with Crippen molar-refractivity contribution in [1.29, 1.82) is 0 Å². The van der Waals surface area contributed by atoms with Gasteiger partial charge in [0.1, 0.15) is 10.8 Å². The van der Waals surface area contributed by atoms with Crippen LogP contribution in [0.4, 0.5) is 0 Å². The molecule has 0 amide bonds. The summed E-state index contributed by atoms with van der Waals surface area (Å²) in [6.07, 6.45) is 1.54. The molecule has 0 aromatic carbocycles. The fourth-order valence-corrected chi connectivity index (χ4v) is 1.74. The van der Waals surface area contributed by atoms with Crippen LogP contribution in [0.15, 0.2) is 16.7 Å². The molecule has 3 N–H and O–H groups in total. The van der Waals surface area contributed by atoms with Gasteiger partial charge in [0.25, 0.3) is 0 Å². The fourth-order valence-electron chi connectivity index (χ4n) is 0.936. The van der Waals surface area contributed by atoms with Crippen LogP contribution in [0.25, 0.3) is 0 Å². The van der Waals surface area contributed by atoms with Crippen molar-refractivity contribution in [3.8, 4) is 0 Å². The number of hydrogen-bond acceptors (Lipinski definition) is 3. The average molecular weight is 266 g/mol. The molecule has 0 aliphatic carbocycles. The molecule has 0 spiro atoms. The van der Waals surface area contributed by atoms with E-state index in [9.17, 15) is 5.11 Å². The van der Waals surface area contributed by atoms with Gasteiger partial charge >= 0.3 is 0 Å². The second-order valence-electron chi connectivity index (χ2n) is 2.96. The third-order valence-corrected chi connectivity index (χ3v) is 2.64. The maximum Gasteiger partial charge on any atom is 0.129 e. The standard InChI is InChI=1S/C8H10BrClN2O/c1-8(13,4-11)5-2-7(10)12-3-6(5)9/h2-3,13H,4,11H2,1H3. The third kappa shape index (κ3) is 2.40. The summed E-state index contributed by atoms with van der Waals surface area (Å²) in [6.45, 7) is 1.76. The zero-order valence-electron chi connectivity index (χ0n) is 7.09. The van der Waals surface area contributed by atoms with E-state index in [2.05, 4.69) is 20.9 Å². The maximum absolute atomic E-state index is 9.86. The first-order valence-electron chi connectivity index (χ1n) is 3.71. The number of halogens is 2. The third-order valence-electron chi connectivity index (χ3n) is 1.80. The van der Waals surface area contributed by atoms with E-state index in [1.54, 1.807) is 19.2 Å². The van der Waals surface area contributed by atoms with Gasteiger partial charge in [0.2, 0.25) is 0 Å². The normalized spacial score (nSPS) is 15.5. The van der Waals surface area contributed by atoms with Gasteiger partial charge in [0.05, 0.1) is 0 Å². The molecule has 1 aromatic rings. The summed E-state index contributed by atoms with van der Waals surface area (Å²) in [5, 5.41) is 10.2. The minimum Gasteiger partial charge on any atom is -0.384 e. The molecule has 0 aliphatic rings. The lowest BCUT2D eigenvalue weighted by Gasteiger charge is -2.22. The van der Waals surface area contributed by atoms with E-state index >= 15 is 0 Å². The predicted octanol–water partition coefficient (Wildman–Crippen LogP) is 1.66. The van der Waals surface area contributed by atoms with E-state index in [1.165, 1.54) is 0 Å². The Kier molecular flexibility index (Phi) is 3.29. The highest BCUT2D eigenvalue weighted by Crippen LogP contribution is 2.28. The number of aliphatic hydroxyl groups is 1. The first-order chi connectivity index (χ1) is 5.97. The highest BCUT2D eigenvalue weighted by molar-refractivity contribution is 9.10. The second-order valence-corrected chi connectivity index (χ2v) is 4.21. The monoisotopic (exact) mass is 264 g/mol. The molecule has 1 heterocycles. The molecule has 0 aliphatic heterocycles. The van der Waals surface area contributed by atoms with E-state index in [4.69, 9.17) is 17.3 Å². The van der Waals surface area contributed by atoms with Crippen molar-refractivity contribution in [3.63, 3.8) is 0 Å². The summed E-state index contributed by atoms with van der Waals surface area (Å²) in [7, 11) is 0. The second kappa shape index (κ2) is 3.92. The molecule has 72 valence electrons. The lowest BCUT2D eigenvalue weighted by Crippen LogP contribution is -2.31. The average Bonchev–Trinajstić information content (AvgIpc) is 2.09. The van der Waals surface area contributed by atoms with Crippen molar-refractivity contribution in [1.82, 2.24) is 4.98 Å². The number of nitrogens with zero attached hydrogens (tertiary/aromatic N) is 1. The van der Waals surface area contributed by atoms with E-state index < -0.39 is 5.60 Å². The number of hydrogen-bond donors (Lipinski definition) is 2. The molecule has 0 bridgehead atoms. The topological polar surface area (TPSA) is 59.1 Å². The molecular formula is C8H10BrClN2O. The summed E-state index contributed by atoms with van der Waals surface area (Å²) in [5.74, 6) is 0. The van der Waals surface area contributed by atoms with Crippen molar-refractivity contribution in [3.05, 3.63) is 27.5 Å². The molecule has 1 atom stereocenters. The largest absolute Gasteiger partial charge is 0.384 e. The first-order valence-corrected chi connectivity index (χ1v) is 4.88. The van der Waals surface area contributed by atoms with Crippen LogP contribution in [0, 0.1) is 0 Å². The molecule has 3 nitrogen and oxygen atoms in total. The Balaban J connectivity index is 3.20. The number of rotatable bonds is 2. The van der Waals surface area contributed by atoms with Gasteiger partial charge < -0.3 is 10.8 Å². The zero-order chi connectivity index (χ0) is 10.1. The molecule has 0 saturated carbocycles. The molecule has 1 aromatic heterocycles. The first kappa shape index (κ1) is 10.9. The molecule has 5 heteroatoms. The van der Waals surface area contributed by atoms with Crippen LogP contribution in [-0.4, -0.2) is 16.6 Å². The summed E-state index contributed by atoms with van der Waals surface area (Å²) in [5.41, 5.74) is 4.99. The van der Waals surface area contributed by atoms with E-state index in [0.29, 0.717) is 15.2 Å². The molecule has 13 heavy (non-hydrogen) atoms. The van der Waals surface area contributed by atoms with Crippen LogP contribution in [0.5, 0.6) is 0 Å². The van der Waals surface area contributed by atoms with Gasteiger partial charge in [-0.1, -0.05) is 11.6 Å². The molecule has 0 radical (unpaired) electrons. The number of aromatic nitrogens is 1. The van der Waals surface area contributed by atoms with Gasteiger partial charge in [-0.2, -0.15) is 0 Å². The SMILES string of the molecule is CC(O)(CN)c1cc(Cl)ncc1Br. The maximum atomic E-state index is 9.86. The minimum atomic E-state index is -1.08. The van der Waals surface area contributed by atoms with Crippen molar-refractivity contribution < 1.29 is 5.11 Å². The lowest BCUT2D eigenvalue weighted by molar-refractivity contribution is 0.0660. The summed E-state index contributed by atoms with van der Waals surface area (Å²) < 4.78 is 0.701. The van der Waals surface area contributed by atoms with Gasteiger partial charge in [-0.3, -0.25) is 0 Å². The Morgan fingerprint density at radius 1 is 1.77 bits per heavy atom. The Morgan fingerprint density at radius 3 is 2.92 bits per heavy atom. The van der Waals surface area contributed by atoms with Crippen LogP contribution in [-0.2, 0) is 5.60 Å². The highest BCUT2D eigenvalue weighted by Gasteiger charge is 2.24. The minimum absolute atomic E-state index is 0.131. The smallest absolute Gasteiger partial charge is 0.129 e. The lowest BCUT2D eigenvalue weighted by atomic mass is 9.98. The summed E-state index contributed by atoms with van der Waals surface area (Å²) in [4.78, 5) is 3.85. The molecular weight excluding hydrogens is 255 g/mol. The van der Waals surface area contributed by atoms with Crippen molar-refractivity contribution in [2.45, 2.75) is 12.5 Å². The van der Waals surface area contributed by atoms with Crippen molar-refractivity contribution >= 4 is 27.5 Å². The van der Waals surface area contributed by atoms with Crippen LogP contribution >= 0.6 is 27.5 Å². The van der Waals surface area contributed by atoms with Crippen LogP contribution < -0.4 is 5.73 Å². The summed E-state index contributed by atoms with van der Waals surface area (Å²) in [6, 6.07) is 1.60. The van der Waals surface area contributed by atoms with Gasteiger partial charge in [-0.15, -0.1) is 0 Å². The van der Waals surface area contributed by atoms with Crippen molar-refractivity contribution in [2.75, 3.05) is 6.54 Å². The zero-order valence-corrected chi connectivity index (χ0v) is 9.43. The van der Waals surface area contributed by atoms with Crippen LogP contribution in [0.2, 0.25) is 5.15 Å². The Morgan fingerprint density at radius 2 is 2.38 bits per heavy atom. The predicted molar refractivity (Wildman–Crippen MR) is 55.6 cm³/mol. The Hall–Kier alpha value is -0.160. The number of pyridine rings is 1. The molecule has 1 rings (SSSR count). The highest BCUT2D eigenvalue weighted by atomic mass is 79.9. The van der Waals surface area contributed by atoms with Gasteiger partial charge in [-0.25, -0.2) is 4.98 Å². The van der Waals surface area contributed by atoms with E-state index in [-0.39, 0.29) is 6.54 Å². The molecule has 1 unspecified atom stereocenters. The fraction of sp³-hybridized carbons (Fsp3) is 0.375. The Labute approximate surface area is 90.1 Å². The van der Waals surface area contributed by atoms with Crippen LogP contribution in [0.3, 0.4) is 0 Å². The van der Waals surface area contributed by atoms with Crippen molar-refractivity contribution in [2.24, 2.45) is 5.73 Å². The van der Waals surface area contributed by atoms with Gasteiger partial charge in [-0.05, 0) is 28.9 Å². The van der Waals surface area contributed by atoms with Gasteiger partial charge in [0.15, 0.2) is 0 Å². The molecule has 0 fully saturated rings. The van der Waals surface area contributed by atoms with E-state index in [0.717, 1.165) is 0 Å². The van der Waals surface area contributed by atoms with Gasteiger partial charge in [0, 0.05) is 22.8 Å².